The minimum absolute atomic E-state index is 0.101. The SMILES string of the molecule is Cc1ccc(C)c(NC(=O)N2CCC[C@@H](C(=O)N3CCOCC3)C2)c1. The van der Waals surface area contributed by atoms with Gasteiger partial charge in [-0.25, -0.2) is 4.79 Å². The summed E-state index contributed by atoms with van der Waals surface area (Å²) in [7, 11) is 0. The smallest absolute Gasteiger partial charge is 0.321 e. The van der Waals surface area contributed by atoms with Gasteiger partial charge in [-0.2, -0.15) is 0 Å². The molecular weight excluding hydrogens is 318 g/mol. The van der Waals surface area contributed by atoms with Gasteiger partial charge in [-0.3, -0.25) is 4.79 Å². The molecule has 6 nitrogen and oxygen atoms in total. The van der Waals surface area contributed by atoms with Crippen molar-refractivity contribution in [1.82, 2.24) is 9.80 Å². The summed E-state index contributed by atoms with van der Waals surface area (Å²) in [5, 5.41) is 3.00. The molecule has 1 N–H and O–H groups in total. The topological polar surface area (TPSA) is 61.9 Å². The average Bonchev–Trinajstić information content (AvgIpc) is 2.65. The molecule has 2 saturated heterocycles. The number of morpholine rings is 1. The standard InChI is InChI=1S/C19H27N3O3/c1-14-5-6-15(2)17(12-14)20-19(24)22-7-3-4-16(13-22)18(23)21-8-10-25-11-9-21/h5-6,12,16H,3-4,7-11,13H2,1-2H3,(H,20,24)/t16-/m1/s1. The van der Waals surface area contributed by atoms with Gasteiger partial charge in [-0.05, 0) is 43.9 Å². The van der Waals surface area contributed by atoms with Crippen molar-refractivity contribution in [2.45, 2.75) is 26.7 Å². The van der Waals surface area contributed by atoms with Gasteiger partial charge in [0.1, 0.15) is 0 Å². The number of nitrogens with zero attached hydrogens (tertiary/aromatic N) is 2. The Morgan fingerprint density at radius 1 is 1.12 bits per heavy atom. The van der Waals surface area contributed by atoms with Crippen LogP contribution in [0, 0.1) is 19.8 Å². The third kappa shape index (κ3) is 4.31. The molecule has 2 aliphatic rings. The third-order valence-electron chi connectivity index (χ3n) is 5.02. The lowest BCUT2D eigenvalue weighted by molar-refractivity contribution is -0.141. The Labute approximate surface area is 149 Å². The van der Waals surface area contributed by atoms with E-state index in [1.807, 2.05) is 36.9 Å². The van der Waals surface area contributed by atoms with Crippen molar-refractivity contribution in [3.05, 3.63) is 29.3 Å². The Bertz CT molecular complexity index is 641. The van der Waals surface area contributed by atoms with Crippen LogP contribution in [0.25, 0.3) is 0 Å². The van der Waals surface area contributed by atoms with Crippen molar-refractivity contribution in [1.29, 1.82) is 0 Å². The highest BCUT2D eigenvalue weighted by molar-refractivity contribution is 5.91. The first-order valence-electron chi connectivity index (χ1n) is 9.04. The number of amides is 3. The molecule has 25 heavy (non-hydrogen) atoms. The molecule has 136 valence electrons. The van der Waals surface area contributed by atoms with Crippen LogP contribution in [0.3, 0.4) is 0 Å². The summed E-state index contributed by atoms with van der Waals surface area (Å²) >= 11 is 0. The quantitative estimate of drug-likeness (QED) is 0.895. The lowest BCUT2D eigenvalue weighted by Gasteiger charge is -2.36. The summed E-state index contributed by atoms with van der Waals surface area (Å²) in [6.45, 7) is 7.71. The van der Waals surface area contributed by atoms with E-state index in [0.29, 0.717) is 39.4 Å². The van der Waals surface area contributed by atoms with Gasteiger partial charge < -0.3 is 19.9 Å². The number of carbonyl (C=O) groups excluding carboxylic acids is 2. The van der Waals surface area contributed by atoms with Crippen LogP contribution in [0.5, 0.6) is 0 Å². The van der Waals surface area contributed by atoms with Crippen molar-refractivity contribution in [3.63, 3.8) is 0 Å². The number of carbonyl (C=O) groups is 2. The lowest BCUT2D eigenvalue weighted by Crippen LogP contribution is -2.50. The highest BCUT2D eigenvalue weighted by Crippen LogP contribution is 2.22. The van der Waals surface area contributed by atoms with Crippen LogP contribution in [-0.2, 0) is 9.53 Å². The average molecular weight is 345 g/mol. The summed E-state index contributed by atoms with van der Waals surface area (Å²) in [5.41, 5.74) is 2.99. The first kappa shape index (κ1) is 17.7. The second-order valence-corrected chi connectivity index (χ2v) is 6.97. The molecule has 0 bridgehead atoms. The molecule has 0 aliphatic carbocycles. The van der Waals surface area contributed by atoms with E-state index in [9.17, 15) is 9.59 Å². The fourth-order valence-corrected chi connectivity index (χ4v) is 3.47. The summed E-state index contributed by atoms with van der Waals surface area (Å²) < 4.78 is 5.32. The van der Waals surface area contributed by atoms with Gasteiger partial charge in [0.15, 0.2) is 0 Å². The molecule has 0 unspecified atom stereocenters. The minimum Gasteiger partial charge on any atom is -0.378 e. The number of urea groups is 1. The number of rotatable bonds is 2. The molecule has 6 heteroatoms. The number of piperidine rings is 1. The second-order valence-electron chi connectivity index (χ2n) is 6.97. The third-order valence-corrected chi connectivity index (χ3v) is 5.02. The van der Waals surface area contributed by atoms with E-state index in [2.05, 4.69) is 5.32 Å². The van der Waals surface area contributed by atoms with Gasteiger partial charge >= 0.3 is 6.03 Å². The molecule has 0 aromatic heterocycles. The van der Waals surface area contributed by atoms with E-state index in [-0.39, 0.29) is 17.9 Å². The maximum atomic E-state index is 12.7. The Kier molecular flexibility index (Phi) is 5.58. The van der Waals surface area contributed by atoms with Crippen LogP contribution < -0.4 is 5.32 Å². The fraction of sp³-hybridized carbons (Fsp3) is 0.579. The molecular formula is C19H27N3O3. The maximum Gasteiger partial charge on any atom is 0.321 e. The zero-order valence-corrected chi connectivity index (χ0v) is 15.1. The monoisotopic (exact) mass is 345 g/mol. The number of anilines is 1. The van der Waals surface area contributed by atoms with Crippen LogP contribution >= 0.6 is 0 Å². The van der Waals surface area contributed by atoms with Gasteiger partial charge in [-0.1, -0.05) is 12.1 Å². The van der Waals surface area contributed by atoms with Crippen molar-refractivity contribution in [2.24, 2.45) is 5.92 Å². The summed E-state index contributed by atoms with van der Waals surface area (Å²) in [6, 6.07) is 5.90. The molecule has 2 fully saturated rings. The predicted octanol–water partition coefficient (Wildman–Crippen LogP) is 2.41. The van der Waals surface area contributed by atoms with E-state index >= 15 is 0 Å². The Balaban J connectivity index is 1.61. The van der Waals surface area contributed by atoms with Gasteiger partial charge in [0.25, 0.3) is 0 Å². The van der Waals surface area contributed by atoms with Crippen molar-refractivity contribution >= 4 is 17.6 Å². The number of nitrogens with one attached hydrogen (secondary N) is 1. The fourth-order valence-electron chi connectivity index (χ4n) is 3.47. The van der Waals surface area contributed by atoms with E-state index in [0.717, 1.165) is 29.7 Å². The number of hydrogen-bond acceptors (Lipinski definition) is 3. The van der Waals surface area contributed by atoms with E-state index in [1.165, 1.54) is 0 Å². The molecule has 0 spiro atoms. The normalized spacial score (nSPS) is 21.1. The Hall–Kier alpha value is -2.08. The van der Waals surface area contributed by atoms with Crippen molar-refractivity contribution in [3.8, 4) is 0 Å². The molecule has 1 aromatic rings. The van der Waals surface area contributed by atoms with Crippen molar-refractivity contribution < 1.29 is 14.3 Å². The van der Waals surface area contributed by atoms with Crippen LogP contribution in [0.2, 0.25) is 0 Å². The van der Waals surface area contributed by atoms with E-state index in [1.54, 1.807) is 4.90 Å². The van der Waals surface area contributed by atoms with Gasteiger partial charge in [-0.15, -0.1) is 0 Å². The molecule has 1 aromatic carbocycles. The second kappa shape index (κ2) is 7.87. The van der Waals surface area contributed by atoms with Crippen LogP contribution in [-0.4, -0.2) is 61.1 Å². The molecule has 2 heterocycles. The molecule has 2 aliphatic heterocycles. The largest absolute Gasteiger partial charge is 0.378 e. The van der Waals surface area contributed by atoms with Gasteiger partial charge in [0.2, 0.25) is 5.91 Å². The van der Waals surface area contributed by atoms with E-state index < -0.39 is 0 Å². The zero-order valence-electron chi connectivity index (χ0n) is 15.1. The highest BCUT2D eigenvalue weighted by Gasteiger charge is 2.31. The lowest BCUT2D eigenvalue weighted by atomic mass is 9.96. The maximum absolute atomic E-state index is 12.7. The highest BCUT2D eigenvalue weighted by atomic mass is 16.5. The van der Waals surface area contributed by atoms with Crippen LogP contribution in [0.1, 0.15) is 24.0 Å². The molecule has 1 atom stereocenters. The van der Waals surface area contributed by atoms with Crippen molar-refractivity contribution in [2.75, 3.05) is 44.7 Å². The summed E-state index contributed by atoms with van der Waals surface area (Å²) in [6.07, 6.45) is 1.71. The van der Waals surface area contributed by atoms with Gasteiger partial charge in [0.05, 0.1) is 19.1 Å². The first-order valence-corrected chi connectivity index (χ1v) is 9.04. The first-order chi connectivity index (χ1) is 12.0. The number of ether oxygens (including phenoxy) is 1. The Morgan fingerprint density at radius 2 is 1.88 bits per heavy atom. The summed E-state index contributed by atoms with van der Waals surface area (Å²) in [5.74, 6) is 0.0590. The van der Waals surface area contributed by atoms with Crippen LogP contribution in [0.4, 0.5) is 10.5 Å². The minimum atomic E-state index is -0.117. The molecule has 3 amide bonds. The number of benzene rings is 1. The molecule has 3 rings (SSSR count). The number of hydrogen-bond donors (Lipinski definition) is 1. The van der Waals surface area contributed by atoms with Crippen LogP contribution in [0.15, 0.2) is 18.2 Å². The Morgan fingerprint density at radius 3 is 2.64 bits per heavy atom. The molecule has 0 radical (unpaired) electrons. The number of aryl methyl sites for hydroxylation is 2. The summed E-state index contributed by atoms with van der Waals surface area (Å²) in [4.78, 5) is 29.0. The van der Waals surface area contributed by atoms with Gasteiger partial charge in [0, 0.05) is 31.9 Å². The zero-order chi connectivity index (χ0) is 17.8. The number of likely N-dealkylation sites (tertiary alicyclic amines) is 1. The van der Waals surface area contributed by atoms with E-state index in [4.69, 9.17) is 4.74 Å². The molecule has 0 saturated carbocycles. The predicted molar refractivity (Wildman–Crippen MR) is 96.6 cm³/mol.